The summed E-state index contributed by atoms with van der Waals surface area (Å²) in [5.41, 5.74) is 1.57. The number of aliphatic imine (C=N–C) groups is 1. The van der Waals surface area contributed by atoms with Crippen LogP contribution in [0.4, 0.5) is 0 Å². The Balaban J connectivity index is 1.49. The lowest BCUT2D eigenvalue weighted by molar-refractivity contribution is 0.206. The van der Waals surface area contributed by atoms with Gasteiger partial charge in [-0.25, -0.2) is 0 Å². The Morgan fingerprint density at radius 2 is 2.08 bits per heavy atom. The molecule has 2 aliphatic rings. The molecular weight excluding hydrogens is 332 g/mol. The second-order valence-electron chi connectivity index (χ2n) is 7.48. The van der Waals surface area contributed by atoms with Gasteiger partial charge < -0.3 is 15.5 Å². The van der Waals surface area contributed by atoms with E-state index in [9.17, 15) is 0 Å². The fourth-order valence-corrected chi connectivity index (χ4v) is 3.99. The molecule has 0 amide bonds. The van der Waals surface area contributed by atoms with Gasteiger partial charge in [0.15, 0.2) is 5.96 Å². The van der Waals surface area contributed by atoms with Crippen LogP contribution in [0.5, 0.6) is 0 Å². The van der Waals surface area contributed by atoms with E-state index in [1.54, 1.807) is 0 Å². The number of hydrogen-bond acceptors (Lipinski definition) is 2. The molecule has 0 aromatic heterocycles. The summed E-state index contributed by atoms with van der Waals surface area (Å²) in [5, 5.41) is 8.00. The minimum Gasteiger partial charge on any atom is -0.356 e. The van der Waals surface area contributed by atoms with Crippen LogP contribution in [0.15, 0.2) is 29.3 Å². The van der Waals surface area contributed by atoms with E-state index >= 15 is 0 Å². The minimum absolute atomic E-state index is 0.229. The molecule has 0 atom stereocenters. The van der Waals surface area contributed by atoms with E-state index in [1.807, 2.05) is 13.1 Å². The van der Waals surface area contributed by atoms with Crippen LogP contribution in [0.1, 0.15) is 44.6 Å². The molecule has 1 saturated carbocycles. The Hall–Kier alpha value is -1.26. The summed E-state index contributed by atoms with van der Waals surface area (Å²) in [6, 6.07) is 8.82. The van der Waals surface area contributed by atoms with Crippen molar-refractivity contribution in [1.82, 2.24) is 15.5 Å². The maximum atomic E-state index is 6.17. The average molecular weight is 363 g/mol. The Morgan fingerprint density at radius 3 is 2.68 bits per heavy atom. The molecule has 1 saturated heterocycles. The molecule has 0 bridgehead atoms. The molecule has 4 nitrogen and oxygen atoms in total. The molecule has 138 valence electrons. The van der Waals surface area contributed by atoms with Gasteiger partial charge in [-0.15, -0.1) is 0 Å². The van der Waals surface area contributed by atoms with Gasteiger partial charge >= 0.3 is 0 Å². The maximum absolute atomic E-state index is 6.17. The smallest absolute Gasteiger partial charge is 0.191 e. The van der Waals surface area contributed by atoms with Crippen LogP contribution in [0.3, 0.4) is 0 Å². The molecule has 5 heteroatoms. The Labute approximate surface area is 157 Å². The summed E-state index contributed by atoms with van der Waals surface area (Å²) in [6.45, 7) is 6.77. The third kappa shape index (κ3) is 4.89. The lowest BCUT2D eigenvalue weighted by Gasteiger charge is -2.33. The highest BCUT2D eigenvalue weighted by Crippen LogP contribution is 2.48. The van der Waals surface area contributed by atoms with E-state index < -0.39 is 0 Å². The normalized spacial score (nSPS) is 21.2. The first kappa shape index (κ1) is 18.5. The van der Waals surface area contributed by atoms with E-state index in [1.165, 1.54) is 57.3 Å². The topological polar surface area (TPSA) is 39.7 Å². The fraction of sp³-hybridized carbons (Fsp3) is 0.650. The van der Waals surface area contributed by atoms with Crippen LogP contribution >= 0.6 is 11.6 Å². The highest BCUT2D eigenvalue weighted by Gasteiger charge is 2.44. The lowest BCUT2D eigenvalue weighted by atomic mass is 9.96. The molecule has 1 aliphatic heterocycles. The molecule has 3 rings (SSSR count). The molecule has 2 N–H and O–H groups in total. The lowest BCUT2D eigenvalue weighted by Crippen LogP contribution is -2.49. The number of guanidine groups is 1. The van der Waals surface area contributed by atoms with Crippen molar-refractivity contribution in [3.8, 4) is 0 Å². The summed E-state index contributed by atoms with van der Waals surface area (Å²) < 4.78 is 0. The van der Waals surface area contributed by atoms with Gasteiger partial charge in [-0.2, -0.15) is 0 Å². The van der Waals surface area contributed by atoms with Crippen molar-refractivity contribution >= 4 is 17.6 Å². The van der Waals surface area contributed by atoms with Crippen LogP contribution in [0, 0.1) is 0 Å². The van der Waals surface area contributed by atoms with Gasteiger partial charge in [-0.05, 0) is 56.3 Å². The number of piperidine rings is 1. The van der Waals surface area contributed by atoms with E-state index in [0.29, 0.717) is 6.04 Å². The van der Waals surface area contributed by atoms with Crippen molar-refractivity contribution in [1.29, 1.82) is 0 Å². The number of nitrogens with zero attached hydrogens (tertiary/aromatic N) is 2. The zero-order chi connectivity index (χ0) is 17.7. The Bertz CT molecular complexity index is 589. The van der Waals surface area contributed by atoms with Gasteiger partial charge in [-0.1, -0.05) is 30.7 Å². The molecule has 0 spiro atoms. The first-order valence-electron chi connectivity index (χ1n) is 9.61. The highest BCUT2D eigenvalue weighted by molar-refractivity contribution is 6.30. The Kier molecular flexibility index (Phi) is 6.24. The fourth-order valence-electron chi connectivity index (χ4n) is 3.79. The SMILES string of the molecule is CCCN1CCC(NC(=NC)NCC2(c3cccc(Cl)c3)CC2)CC1. The molecule has 0 radical (unpaired) electrons. The molecule has 1 aromatic carbocycles. The van der Waals surface area contributed by atoms with Gasteiger partial charge in [0.2, 0.25) is 0 Å². The monoisotopic (exact) mass is 362 g/mol. The van der Waals surface area contributed by atoms with Gasteiger partial charge in [0.1, 0.15) is 0 Å². The number of halogens is 1. The maximum Gasteiger partial charge on any atom is 0.191 e. The number of benzene rings is 1. The van der Waals surface area contributed by atoms with Crippen LogP contribution in [0.25, 0.3) is 0 Å². The van der Waals surface area contributed by atoms with E-state index in [4.69, 9.17) is 11.6 Å². The van der Waals surface area contributed by atoms with E-state index in [0.717, 1.165) is 17.5 Å². The molecule has 1 aliphatic carbocycles. The third-order valence-corrected chi connectivity index (χ3v) is 5.81. The van der Waals surface area contributed by atoms with E-state index in [2.05, 4.69) is 45.6 Å². The summed E-state index contributed by atoms with van der Waals surface area (Å²) in [7, 11) is 1.86. The quantitative estimate of drug-likeness (QED) is 0.601. The first-order valence-corrected chi connectivity index (χ1v) is 9.98. The van der Waals surface area contributed by atoms with E-state index in [-0.39, 0.29) is 5.41 Å². The summed E-state index contributed by atoms with van der Waals surface area (Å²) in [6.07, 6.45) is 6.06. The molecule has 0 unspecified atom stereocenters. The molecule has 25 heavy (non-hydrogen) atoms. The van der Waals surface area contributed by atoms with Gasteiger partial charge in [0.25, 0.3) is 0 Å². The predicted octanol–water partition coefficient (Wildman–Crippen LogP) is 3.41. The highest BCUT2D eigenvalue weighted by atomic mass is 35.5. The van der Waals surface area contributed by atoms with Crippen LogP contribution in [-0.4, -0.2) is 50.1 Å². The largest absolute Gasteiger partial charge is 0.356 e. The second kappa shape index (κ2) is 8.41. The first-order chi connectivity index (χ1) is 12.1. The molecule has 2 fully saturated rings. The van der Waals surface area contributed by atoms with Crippen molar-refractivity contribution < 1.29 is 0 Å². The average Bonchev–Trinajstić information content (AvgIpc) is 3.41. The van der Waals surface area contributed by atoms with Crippen molar-refractivity contribution in [3.63, 3.8) is 0 Å². The predicted molar refractivity (Wildman–Crippen MR) is 107 cm³/mol. The zero-order valence-electron chi connectivity index (χ0n) is 15.5. The van der Waals surface area contributed by atoms with Crippen LogP contribution in [0.2, 0.25) is 5.02 Å². The number of likely N-dealkylation sites (tertiary alicyclic amines) is 1. The molecule has 1 heterocycles. The van der Waals surface area contributed by atoms with Crippen molar-refractivity contribution in [2.45, 2.75) is 50.5 Å². The molecular formula is C20H31ClN4. The number of hydrogen-bond donors (Lipinski definition) is 2. The summed E-state index contributed by atoms with van der Waals surface area (Å²) >= 11 is 6.17. The van der Waals surface area contributed by atoms with Crippen molar-refractivity contribution in [2.24, 2.45) is 4.99 Å². The van der Waals surface area contributed by atoms with Gasteiger partial charge in [0.05, 0.1) is 0 Å². The Morgan fingerprint density at radius 1 is 1.32 bits per heavy atom. The molecule has 1 aromatic rings. The third-order valence-electron chi connectivity index (χ3n) is 5.58. The van der Waals surface area contributed by atoms with Gasteiger partial charge in [0, 0.05) is 43.2 Å². The van der Waals surface area contributed by atoms with Gasteiger partial charge in [-0.3, -0.25) is 4.99 Å². The van der Waals surface area contributed by atoms with Crippen molar-refractivity contribution in [3.05, 3.63) is 34.9 Å². The van der Waals surface area contributed by atoms with Crippen molar-refractivity contribution in [2.75, 3.05) is 33.2 Å². The van der Waals surface area contributed by atoms with Crippen LogP contribution in [-0.2, 0) is 5.41 Å². The summed E-state index contributed by atoms with van der Waals surface area (Å²) in [5.74, 6) is 0.933. The minimum atomic E-state index is 0.229. The second-order valence-corrected chi connectivity index (χ2v) is 7.91. The number of nitrogens with one attached hydrogen (secondary N) is 2. The number of rotatable bonds is 6. The van der Waals surface area contributed by atoms with Crippen LogP contribution < -0.4 is 10.6 Å². The summed E-state index contributed by atoms with van der Waals surface area (Å²) in [4.78, 5) is 7.00. The zero-order valence-corrected chi connectivity index (χ0v) is 16.3. The standard InChI is InChI=1S/C20H31ClN4/c1-3-11-25-12-7-18(8-13-25)24-19(22-2)23-15-20(9-10-20)16-5-4-6-17(21)14-16/h4-6,14,18H,3,7-13,15H2,1-2H3,(H2,22,23,24).